The minimum absolute atomic E-state index is 0.204. The molecule has 6 nitrogen and oxygen atoms in total. The van der Waals surface area contributed by atoms with E-state index in [2.05, 4.69) is 11.6 Å². The molecule has 9 heteroatoms. The summed E-state index contributed by atoms with van der Waals surface area (Å²) in [5.74, 6) is 0.354. The number of hydrogen-bond acceptors (Lipinski definition) is 4. The molecule has 0 spiro atoms. The van der Waals surface area contributed by atoms with Crippen molar-refractivity contribution in [1.29, 1.82) is 0 Å². The molecule has 2 aromatic rings. The van der Waals surface area contributed by atoms with Crippen molar-refractivity contribution in [3.8, 4) is 5.75 Å². The molecule has 0 N–H and O–H groups in total. The van der Waals surface area contributed by atoms with Crippen LogP contribution in [0.2, 0.25) is 15.1 Å². The number of amides is 1. The van der Waals surface area contributed by atoms with Gasteiger partial charge < -0.3 is 4.74 Å². The van der Waals surface area contributed by atoms with Crippen molar-refractivity contribution in [3.63, 3.8) is 0 Å². The van der Waals surface area contributed by atoms with Crippen LogP contribution in [-0.4, -0.2) is 40.4 Å². The van der Waals surface area contributed by atoms with Crippen molar-refractivity contribution in [1.82, 2.24) is 14.6 Å². The number of aromatic nitrogens is 2. The molecule has 1 amide bonds. The van der Waals surface area contributed by atoms with Gasteiger partial charge in [0.25, 0.3) is 0 Å². The number of halogens is 3. The lowest BCUT2D eigenvalue weighted by Crippen LogP contribution is -2.35. The summed E-state index contributed by atoms with van der Waals surface area (Å²) in [7, 11) is 0. The largest absolute Gasteiger partial charge is 0.490 e. The summed E-state index contributed by atoms with van der Waals surface area (Å²) in [6.07, 6.45) is 6.49. The van der Waals surface area contributed by atoms with E-state index < -0.39 is 0 Å². The average molecular weight is 405 g/mol. The second-order valence-corrected chi connectivity index (χ2v) is 6.09. The summed E-state index contributed by atoms with van der Waals surface area (Å²) in [6, 6.07) is 2.74. The first-order valence-corrected chi connectivity index (χ1v) is 8.47. The minimum Gasteiger partial charge on any atom is -0.490 e. The van der Waals surface area contributed by atoms with Crippen molar-refractivity contribution in [2.24, 2.45) is 0 Å². The summed E-state index contributed by atoms with van der Waals surface area (Å²) in [5, 5.41) is 2.30. The monoisotopic (exact) mass is 403 g/mol. The number of carbonyl (C=O) groups is 1. The molecule has 0 aliphatic carbocycles. The third kappa shape index (κ3) is 5.64. The summed E-state index contributed by atoms with van der Waals surface area (Å²) in [6.45, 7) is 4.36. The lowest BCUT2D eigenvalue weighted by atomic mass is 10.3. The zero-order chi connectivity index (χ0) is 18.2. The van der Waals surface area contributed by atoms with Crippen LogP contribution in [0.25, 0.3) is 0 Å². The maximum atomic E-state index is 12.3. The van der Waals surface area contributed by atoms with Crippen molar-refractivity contribution in [2.45, 2.75) is 6.42 Å². The van der Waals surface area contributed by atoms with Crippen LogP contribution in [0.1, 0.15) is 6.42 Å². The van der Waals surface area contributed by atoms with Gasteiger partial charge in [-0.2, -0.15) is 0 Å². The molecule has 0 atom stereocenters. The molecule has 0 saturated heterocycles. The number of imidazole rings is 1. The van der Waals surface area contributed by atoms with Gasteiger partial charge in [0.1, 0.15) is 6.33 Å². The van der Waals surface area contributed by atoms with Gasteiger partial charge in [0.15, 0.2) is 5.75 Å². The molecule has 0 saturated carbocycles. The van der Waals surface area contributed by atoms with Crippen LogP contribution in [0, 0.1) is 0 Å². The van der Waals surface area contributed by atoms with Gasteiger partial charge in [-0.3, -0.25) is 9.40 Å². The Labute approximate surface area is 160 Å². The van der Waals surface area contributed by atoms with Crippen LogP contribution in [0.5, 0.6) is 5.75 Å². The standard InChI is InChI=1S/C16H16Cl3N3O3/c1-2-7-25-22(16(23)21-6-4-20-11-21)5-3-8-24-15-13(18)9-12(17)10-14(15)19/h2,4,6,9-11H,1,3,5,7-8H2. The molecule has 0 aliphatic heterocycles. The van der Waals surface area contributed by atoms with Crippen LogP contribution in [0.4, 0.5) is 4.79 Å². The highest BCUT2D eigenvalue weighted by molar-refractivity contribution is 6.40. The molecule has 0 unspecified atom stereocenters. The second-order valence-electron chi connectivity index (χ2n) is 4.84. The smallest absolute Gasteiger partial charge is 0.353 e. The minimum atomic E-state index is -0.359. The Balaban J connectivity index is 1.90. The van der Waals surface area contributed by atoms with Crippen molar-refractivity contribution in [3.05, 3.63) is 58.6 Å². The van der Waals surface area contributed by atoms with Gasteiger partial charge in [0.2, 0.25) is 0 Å². The first-order valence-electron chi connectivity index (χ1n) is 7.34. The van der Waals surface area contributed by atoms with Crippen molar-refractivity contribution in [2.75, 3.05) is 19.8 Å². The normalized spacial score (nSPS) is 10.5. The highest BCUT2D eigenvalue weighted by atomic mass is 35.5. The fourth-order valence-electron chi connectivity index (χ4n) is 1.91. The number of hydroxylamine groups is 2. The number of rotatable bonds is 8. The third-order valence-corrected chi connectivity index (χ3v) is 3.78. The summed E-state index contributed by atoms with van der Waals surface area (Å²) in [4.78, 5) is 21.5. The van der Waals surface area contributed by atoms with Gasteiger partial charge in [0, 0.05) is 23.8 Å². The Kier molecular flexibility index (Phi) is 7.58. The Hall–Kier alpha value is -1.73. The van der Waals surface area contributed by atoms with E-state index in [-0.39, 0.29) is 19.2 Å². The molecule has 0 fully saturated rings. The molecule has 1 aromatic heterocycles. The molecule has 1 aromatic carbocycles. The predicted molar refractivity (Wildman–Crippen MR) is 97.5 cm³/mol. The van der Waals surface area contributed by atoms with Crippen molar-refractivity contribution >= 4 is 40.8 Å². The van der Waals surface area contributed by atoms with Crippen LogP contribution >= 0.6 is 34.8 Å². The van der Waals surface area contributed by atoms with Gasteiger partial charge in [-0.05, 0) is 12.1 Å². The zero-order valence-electron chi connectivity index (χ0n) is 13.2. The number of benzene rings is 1. The van der Waals surface area contributed by atoms with Crippen LogP contribution in [0.15, 0.2) is 43.5 Å². The molecule has 0 radical (unpaired) electrons. The molecular formula is C16H16Cl3N3O3. The molecule has 0 bridgehead atoms. The molecule has 0 aliphatic rings. The lowest BCUT2D eigenvalue weighted by Gasteiger charge is -2.21. The van der Waals surface area contributed by atoms with Crippen LogP contribution in [0.3, 0.4) is 0 Å². The fraction of sp³-hybridized carbons (Fsp3) is 0.250. The van der Waals surface area contributed by atoms with Crippen LogP contribution in [-0.2, 0) is 4.84 Å². The summed E-state index contributed by atoms with van der Waals surface area (Å²) >= 11 is 18.0. The van der Waals surface area contributed by atoms with E-state index in [1.54, 1.807) is 18.2 Å². The molecule has 2 rings (SSSR count). The highest BCUT2D eigenvalue weighted by Gasteiger charge is 2.16. The van der Waals surface area contributed by atoms with E-state index in [0.29, 0.717) is 33.8 Å². The summed E-state index contributed by atoms with van der Waals surface area (Å²) < 4.78 is 6.91. The van der Waals surface area contributed by atoms with Crippen LogP contribution < -0.4 is 4.74 Å². The zero-order valence-corrected chi connectivity index (χ0v) is 15.5. The Morgan fingerprint density at radius 2 is 2.04 bits per heavy atom. The van der Waals surface area contributed by atoms with E-state index in [4.69, 9.17) is 44.4 Å². The van der Waals surface area contributed by atoms with Gasteiger partial charge in [-0.25, -0.2) is 14.8 Å². The Bertz CT molecular complexity index is 700. The number of hydrogen-bond donors (Lipinski definition) is 0. The average Bonchev–Trinajstić information content (AvgIpc) is 3.09. The van der Waals surface area contributed by atoms with E-state index in [0.717, 1.165) is 0 Å². The quantitative estimate of drug-likeness (QED) is 0.363. The molecule has 25 heavy (non-hydrogen) atoms. The molecule has 134 valence electrons. The van der Waals surface area contributed by atoms with Crippen molar-refractivity contribution < 1.29 is 14.4 Å². The number of ether oxygens (including phenoxy) is 1. The van der Waals surface area contributed by atoms with Gasteiger partial charge in [-0.15, -0.1) is 6.58 Å². The SMILES string of the molecule is C=CCON(CCCOc1c(Cl)cc(Cl)cc1Cl)C(=O)n1ccnc1. The van der Waals surface area contributed by atoms with Gasteiger partial charge in [0.05, 0.1) is 29.8 Å². The lowest BCUT2D eigenvalue weighted by molar-refractivity contribution is -0.106. The number of carbonyl (C=O) groups excluding carboxylic acids is 1. The Morgan fingerprint density at radius 3 is 2.64 bits per heavy atom. The fourth-order valence-corrected chi connectivity index (χ4v) is 2.83. The van der Waals surface area contributed by atoms with E-state index in [1.807, 2.05) is 0 Å². The van der Waals surface area contributed by atoms with E-state index >= 15 is 0 Å². The first-order chi connectivity index (χ1) is 12.0. The van der Waals surface area contributed by atoms with E-state index in [1.165, 1.54) is 28.4 Å². The van der Waals surface area contributed by atoms with E-state index in [9.17, 15) is 4.79 Å². The second kappa shape index (κ2) is 9.68. The first kappa shape index (κ1) is 19.6. The molecule has 1 heterocycles. The highest BCUT2D eigenvalue weighted by Crippen LogP contribution is 2.35. The maximum absolute atomic E-state index is 12.3. The number of nitrogens with zero attached hydrogens (tertiary/aromatic N) is 3. The predicted octanol–water partition coefficient (Wildman–Crippen LogP) is 4.70. The Morgan fingerprint density at radius 1 is 1.32 bits per heavy atom. The summed E-state index contributed by atoms with van der Waals surface area (Å²) in [5.41, 5.74) is 0. The third-order valence-electron chi connectivity index (χ3n) is 3.00. The van der Waals surface area contributed by atoms with Gasteiger partial charge in [-0.1, -0.05) is 40.9 Å². The molecular weight excluding hydrogens is 389 g/mol. The maximum Gasteiger partial charge on any atom is 0.353 e. The van der Waals surface area contributed by atoms with Gasteiger partial charge >= 0.3 is 6.03 Å². The topological polar surface area (TPSA) is 56.6 Å².